The van der Waals surface area contributed by atoms with Gasteiger partial charge in [0.15, 0.2) is 0 Å². The van der Waals surface area contributed by atoms with Crippen molar-refractivity contribution in [3.63, 3.8) is 0 Å². The SMILES string of the molecule is CCN1C=C(Br)N(CC)C1. The minimum absolute atomic E-state index is 1.04. The second kappa shape index (κ2) is 3.28. The lowest BCUT2D eigenvalue weighted by atomic mass is 10.6. The first-order valence-electron chi connectivity index (χ1n) is 3.64. The van der Waals surface area contributed by atoms with E-state index in [0.29, 0.717) is 0 Å². The van der Waals surface area contributed by atoms with Crippen molar-refractivity contribution in [2.45, 2.75) is 13.8 Å². The maximum absolute atomic E-state index is 3.49. The fourth-order valence-electron chi connectivity index (χ4n) is 1.00. The zero-order valence-electron chi connectivity index (χ0n) is 6.47. The zero-order chi connectivity index (χ0) is 7.56. The quantitative estimate of drug-likeness (QED) is 0.634. The predicted molar refractivity (Wildman–Crippen MR) is 46.6 cm³/mol. The summed E-state index contributed by atoms with van der Waals surface area (Å²) >= 11 is 3.49. The molecule has 0 aromatic rings. The minimum atomic E-state index is 1.04. The maximum Gasteiger partial charge on any atom is 0.0981 e. The van der Waals surface area contributed by atoms with E-state index in [1.807, 2.05) is 0 Å². The van der Waals surface area contributed by atoms with Gasteiger partial charge in [-0.25, -0.2) is 0 Å². The van der Waals surface area contributed by atoms with Crippen molar-refractivity contribution in [2.75, 3.05) is 19.8 Å². The second-order valence-corrected chi connectivity index (χ2v) is 3.17. The average molecular weight is 205 g/mol. The van der Waals surface area contributed by atoms with Crippen LogP contribution >= 0.6 is 15.9 Å². The molecule has 1 aliphatic heterocycles. The number of nitrogens with zero attached hydrogens (tertiary/aromatic N) is 2. The smallest absolute Gasteiger partial charge is 0.0981 e. The molecule has 58 valence electrons. The molecule has 0 unspecified atom stereocenters. The Morgan fingerprint density at radius 3 is 2.50 bits per heavy atom. The van der Waals surface area contributed by atoms with Crippen LogP contribution in [0.5, 0.6) is 0 Å². The molecule has 0 spiro atoms. The van der Waals surface area contributed by atoms with Gasteiger partial charge in [0.25, 0.3) is 0 Å². The molecule has 0 bridgehead atoms. The Morgan fingerprint density at radius 2 is 2.20 bits per heavy atom. The van der Waals surface area contributed by atoms with Crippen LogP contribution in [0.3, 0.4) is 0 Å². The van der Waals surface area contributed by atoms with Crippen LogP contribution in [0.2, 0.25) is 0 Å². The van der Waals surface area contributed by atoms with Crippen LogP contribution in [0.4, 0.5) is 0 Å². The first-order chi connectivity index (χ1) is 4.77. The van der Waals surface area contributed by atoms with Crippen molar-refractivity contribution < 1.29 is 0 Å². The van der Waals surface area contributed by atoms with Crippen molar-refractivity contribution in [3.05, 3.63) is 10.8 Å². The van der Waals surface area contributed by atoms with Gasteiger partial charge >= 0.3 is 0 Å². The molecule has 0 aromatic carbocycles. The summed E-state index contributed by atoms with van der Waals surface area (Å²) in [4.78, 5) is 4.55. The summed E-state index contributed by atoms with van der Waals surface area (Å²) < 4.78 is 1.21. The Balaban J connectivity index is 2.50. The summed E-state index contributed by atoms with van der Waals surface area (Å²) in [5.74, 6) is 0. The van der Waals surface area contributed by atoms with Crippen LogP contribution in [-0.4, -0.2) is 29.6 Å². The Labute approximate surface area is 70.6 Å². The lowest BCUT2D eigenvalue weighted by molar-refractivity contribution is 0.280. The molecule has 0 fully saturated rings. The van der Waals surface area contributed by atoms with Crippen LogP contribution in [-0.2, 0) is 0 Å². The lowest BCUT2D eigenvalue weighted by Gasteiger charge is -2.18. The second-order valence-electron chi connectivity index (χ2n) is 2.35. The van der Waals surface area contributed by atoms with Crippen LogP contribution in [0.15, 0.2) is 10.8 Å². The van der Waals surface area contributed by atoms with Gasteiger partial charge in [-0.1, -0.05) is 0 Å². The molecule has 2 nitrogen and oxygen atoms in total. The van der Waals surface area contributed by atoms with E-state index in [1.54, 1.807) is 0 Å². The fourth-order valence-corrected chi connectivity index (χ4v) is 1.65. The molecule has 0 N–H and O–H groups in total. The van der Waals surface area contributed by atoms with Gasteiger partial charge in [-0.15, -0.1) is 0 Å². The van der Waals surface area contributed by atoms with Crippen LogP contribution in [0.1, 0.15) is 13.8 Å². The highest BCUT2D eigenvalue weighted by atomic mass is 79.9. The van der Waals surface area contributed by atoms with Crippen molar-refractivity contribution in [2.24, 2.45) is 0 Å². The molecule has 1 aliphatic rings. The highest BCUT2D eigenvalue weighted by Gasteiger charge is 2.14. The number of hydrogen-bond acceptors (Lipinski definition) is 2. The molecule has 10 heavy (non-hydrogen) atoms. The number of halogens is 1. The summed E-state index contributed by atoms with van der Waals surface area (Å²) in [6, 6.07) is 0. The van der Waals surface area contributed by atoms with Crippen LogP contribution < -0.4 is 0 Å². The van der Waals surface area contributed by atoms with Gasteiger partial charge < -0.3 is 9.80 Å². The summed E-state index contributed by atoms with van der Waals surface area (Å²) in [5, 5.41) is 0. The molecule has 1 heterocycles. The van der Waals surface area contributed by atoms with Crippen molar-refractivity contribution in [1.29, 1.82) is 0 Å². The molecule has 0 saturated heterocycles. The Hall–Kier alpha value is -0.180. The first-order valence-corrected chi connectivity index (χ1v) is 4.43. The molecule has 0 radical (unpaired) electrons. The van der Waals surface area contributed by atoms with Gasteiger partial charge in [0.2, 0.25) is 0 Å². The Morgan fingerprint density at radius 1 is 1.50 bits per heavy atom. The largest absolute Gasteiger partial charge is 0.358 e. The normalized spacial score (nSPS) is 18.1. The minimum Gasteiger partial charge on any atom is -0.358 e. The highest BCUT2D eigenvalue weighted by Crippen LogP contribution is 2.19. The van der Waals surface area contributed by atoms with E-state index in [9.17, 15) is 0 Å². The van der Waals surface area contributed by atoms with Gasteiger partial charge in [-0.05, 0) is 29.8 Å². The third kappa shape index (κ3) is 1.45. The molecule has 0 atom stereocenters. The molecule has 3 heteroatoms. The first kappa shape index (κ1) is 7.92. The number of hydrogen-bond donors (Lipinski definition) is 0. The molecule has 0 aliphatic carbocycles. The van der Waals surface area contributed by atoms with E-state index in [-0.39, 0.29) is 0 Å². The zero-order valence-corrected chi connectivity index (χ0v) is 8.06. The predicted octanol–water partition coefficient (Wildman–Crippen LogP) is 1.80. The average Bonchev–Trinajstić information content (AvgIpc) is 2.30. The van der Waals surface area contributed by atoms with Gasteiger partial charge in [-0.2, -0.15) is 0 Å². The summed E-state index contributed by atoms with van der Waals surface area (Å²) in [7, 11) is 0. The van der Waals surface area contributed by atoms with Gasteiger partial charge in [-0.3, -0.25) is 0 Å². The van der Waals surface area contributed by atoms with Gasteiger partial charge in [0.05, 0.1) is 11.3 Å². The van der Waals surface area contributed by atoms with Crippen LogP contribution in [0.25, 0.3) is 0 Å². The molecular weight excluding hydrogens is 192 g/mol. The summed E-state index contributed by atoms with van der Waals surface area (Å²) in [6.07, 6.45) is 2.14. The van der Waals surface area contributed by atoms with E-state index in [1.165, 1.54) is 4.61 Å². The van der Waals surface area contributed by atoms with E-state index in [4.69, 9.17) is 0 Å². The monoisotopic (exact) mass is 204 g/mol. The van der Waals surface area contributed by atoms with E-state index >= 15 is 0 Å². The van der Waals surface area contributed by atoms with E-state index in [2.05, 4.69) is 45.8 Å². The van der Waals surface area contributed by atoms with Crippen molar-refractivity contribution >= 4 is 15.9 Å². The van der Waals surface area contributed by atoms with Gasteiger partial charge in [0, 0.05) is 19.3 Å². The third-order valence-electron chi connectivity index (χ3n) is 1.73. The lowest BCUT2D eigenvalue weighted by Crippen LogP contribution is -2.25. The topological polar surface area (TPSA) is 6.48 Å². The van der Waals surface area contributed by atoms with Crippen molar-refractivity contribution in [3.8, 4) is 0 Å². The molecular formula is C7H13BrN2. The summed E-state index contributed by atoms with van der Waals surface area (Å²) in [6.45, 7) is 7.52. The summed E-state index contributed by atoms with van der Waals surface area (Å²) in [5.41, 5.74) is 0. The van der Waals surface area contributed by atoms with E-state index < -0.39 is 0 Å². The van der Waals surface area contributed by atoms with E-state index in [0.717, 1.165) is 19.8 Å². The Kier molecular flexibility index (Phi) is 2.60. The standard InChI is InChI=1S/C7H13BrN2/c1-3-9-5-7(8)10(4-2)6-9/h5H,3-4,6H2,1-2H3. The maximum atomic E-state index is 3.49. The molecule has 0 saturated carbocycles. The Bertz CT molecular complexity index is 145. The molecule has 0 aromatic heterocycles. The number of rotatable bonds is 2. The third-order valence-corrected chi connectivity index (χ3v) is 2.44. The highest BCUT2D eigenvalue weighted by molar-refractivity contribution is 9.11. The fraction of sp³-hybridized carbons (Fsp3) is 0.714. The van der Waals surface area contributed by atoms with Gasteiger partial charge in [0.1, 0.15) is 0 Å². The molecule has 0 amide bonds. The van der Waals surface area contributed by atoms with Crippen molar-refractivity contribution in [1.82, 2.24) is 9.80 Å². The van der Waals surface area contributed by atoms with Crippen LogP contribution in [0, 0.1) is 0 Å². The molecule has 1 rings (SSSR count).